The summed E-state index contributed by atoms with van der Waals surface area (Å²) < 4.78 is 97.7. The Morgan fingerprint density at radius 3 is 2.00 bits per heavy atom. The van der Waals surface area contributed by atoms with Gasteiger partial charge in [-0.1, -0.05) is 0 Å². The number of urea groups is 1. The molecule has 0 aliphatic carbocycles. The minimum absolute atomic E-state index is 0.144. The van der Waals surface area contributed by atoms with E-state index in [0.717, 1.165) is 32.1 Å². The van der Waals surface area contributed by atoms with E-state index in [-0.39, 0.29) is 17.0 Å². The van der Waals surface area contributed by atoms with Crippen molar-refractivity contribution in [3.05, 3.63) is 29.6 Å². The van der Waals surface area contributed by atoms with Crippen molar-refractivity contribution in [2.24, 2.45) is 13.0 Å². The van der Waals surface area contributed by atoms with Gasteiger partial charge in [-0.3, -0.25) is 24.2 Å². The quantitative estimate of drug-likeness (QED) is 0.389. The van der Waals surface area contributed by atoms with E-state index in [1.54, 1.807) is 0 Å². The molecule has 0 radical (unpaired) electrons. The highest BCUT2D eigenvalue weighted by Gasteiger charge is 2.75. The third-order valence-electron chi connectivity index (χ3n) is 5.80. The largest absolute Gasteiger partial charge is 0.460 e. The second kappa shape index (κ2) is 9.49. The molecule has 11 nitrogen and oxygen atoms in total. The van der Waals surface area contributed by atoms with E-state index in [9.17, 15) is 49.9 Å². The highest BCUT2D eigenvalue weighted by molar-refractivity contribution is 6.28. The lowest BCUT2D eigenvalue weighted by Gasteiger charge is -2.34. The average molecular weight is 568 g/mol. The van der Waals surface area contributed by atoms with Crippen LogP contribution in [-0.2, 0) is 27.4 Å². The first-order chi connectivity index (χ1) is 17.7. The van der Waals surface area contributed by atoms with Gasteiger partial charge in [-0.15, -0.1) is 5.10 Å². The van der Waals surface area contributed by atoms with Crippen LogP contribution in [0, 0.1) is 12.8 Å². The highest BCUT2D eigenvalue weighted by Crippen LogP contribution is 2.51. The summed E-state index contributed by atoms with van der Waals surface area (Å²) in [4.78, 5) is 55.0. The van der Waals surface area contributed by atoms with Gasteiger partial charge in [-0.2, -0.15) is 35.7 Å². The first-order valence-corrected chi connectivity index (χ1v) is 10.6. The normalized spacial score (nSPS) is 15.7. The number of hydrogen-bond acceptors (Lipinski definition) is 7. The monoisotopic (exact) mass is 568 g/mol. The van der Waals surface area contributed by atoms with E-state index in [0.29, 0.717) is 14.5 Å². The van der Waals surface area contributed by atoms with Crippen LogP contribution in [0.2, 0.25) is 0 Å². The standard InChI is InChI=1S/C21H19F7N6O5/c1-9-8-10(39-17-29-16(30-34(17)5)19(22,23)20(24,25)21(26,27)28)6-7-11(9)31(2)13(35)12-14(36)32(3)18(38)33(4)15(12)37/h6-8,12H,1-5H3. The van der Waals surface area contributed by atoms with Gasteiger partial charge in [0.15, 0.2) is 5.92 Å². The van der Waals surface area contributed by atoms with Gasteiger partial charge >= 0.3 is 30.1 Å². The van der Waals surface area contributed by atoms with Crippen molar-refractivity contribution >= 4 is 29.4 Å². The van der Waals surface area contributed by atoms with Gasteiger partial charge in [0.1, 0.15) is 5.75 Å². The summed E-state index contributed by atoms with van der Waals surface area (Å²) in [5.41, 5.74) is 0.401. The minimum Gasteiger partial charge on any atom is -0.424 e. The minimum atomic E-state index is -6.58. The molecule has 39 heavy (non-hydrogen) atoms. The molecular formula is C21H19F7N6O5. The van der Waals surface area contributed by atoms with Crippen LogP contribution in [0.3, 0.4) is 0 Å². The summed E-state index contributed by atoms with van der Waals surface area (Å²) in [6.07, 6.45) is -6.58. The number of carbonyl (C=O) groups excluding carboxylic acids is 4. The Kier molecular flexibility index (Phi) is 7.13. The second-order valence-electron chi connectivity index (χ2n) is 8.45. The van der Waals surface area contributed by atoms with Crippen LogP contribution in [0.4, 0.5) is 41.2 Å². The zero-order valence-electron chi connectivity index (χ0n) is 20.7. The molecule has 1 aromatic carbocycles. The molecule has 0 bridgehead atoms. The molecule has 2 heterocycles. The molecule has 0 spiro atoms. The van der Waals surface area contributed by atoms with Crippen LogP contribution in [-0.4, -0.2) is 81.6 Å². The van der Waals surface area contributed by atoms with Crippen LogP contribution in [0.15, 0.2) is 18.2 Å². The van der Waals surface area contributed by atoms with E-state index < -0.39 is 59.5 Å². The van der Waals surface area contributed by atoms with Crippen LogP contribution >= 0.6 is 0 Å². The fourth-order valence-corrected chi connectivity index (χ4v) is 3.51. The van der Waals surface area contributed by atoms with Gasteiger partial charge in [-0.05, 0) is 30.7 Å². The number of barbiturate groups is 1. The molecule has 0 N–H and O–H groups in total. The Morgan fingerprint density at radius 2 is 1.51 bits per heavy atom. The fourth-order valence-electron chi connectivity index (χ4n) is 3.51. The Bertz CT molecular complexity index is 1340. The maximum atomic E-state index is 13.9. The molecule has 0 unspecified atom stereocenters. The smallest absolute Gasteiger partial charge is 0.424 e. The number of carbonyl (C=O) groups is 4. The summed E-state index contributed by atoms with van der Waals surface area (Å²) in [5, 5.41) is 2.94. The van der Waals surface area contributed by atoms with Crippen LogP contribution in [0.25, 0.3) is 0 Å². The Balaban J connectivity index is 1.85. The molecule has 212 valence electrons. The van der Waals surface area contributed by atoms with Crippen molar-refractivity contribution in [1.29, 1.82) is 0 Å². The van der Waals surface area contributed by atoms with Crippen LogP contribution in [0.5, 0.6) is 11.8 Å². The van der Waals surface area contributed by atoms with Crippen molar-refractivity contribution < 1.29 is 54.6 Å². The zero-order chi connectivity index (χ0) is 29.8. The van der Waals surface area contributed by atoms with Crippen molar-refractivity contribution in [2.45, 2.75) is 24.9 Å². The number of rotatable bonds is 6. The summed E-state index contributed by atoms with van der Waals surface area (Å²) >= 11 is 0. The lowest BCUT2D eigenvalue weighted by molar-refractivity contribution is -0.361. The van der Waals surface area contributed by atoms with Crippen LogP contribution in [0.1, 0.15) is 11.4 Å². The number of anilines is 1. The Morgan fingerprint density at radius 1 is 0.974 bits per heavy atom. The van der Waals surface area contributed by atoms with Crippen molar-refractivity contribution in [3.63, 3.8) is 0 Å². The lowest BCUT2D eigenvalue weighted by Crippen LogP contribution is -2.60. The number of amides is 5. The second-order valence-corrected chi connectivity index (χ2v) is 8.45. The molecule has 3 rings (SSSR count). The highest BCUT2D eigenvalue weighted by atomic mass is 19.4. The number of alkyl halides is 7. The van der Waals surface area contributed by atoms with Crippen molar-refractivity contribution in [3.8, 4) is 11.8 Å². The van der Waals surface area contributed by atoms with Gasteiger partial charge in [0, 0.05) is 33.9 Å². The molecule has 1 aliphatic rings. The topological polar surface area (TPSA) is 118 Å². The lowest BCUT2D eigenvalue weighted by atomic mass is 10.0. The molecule has 1 aliphatic heterocycles. The molecule has 1 aromatic heterocycles. The molecule has 1 fully saturated rings. The SMILES string of the molecule is Cc1cc(Oc2nc(C(F)(F)C(F)(F)C(F)(F)F)nn2C)ccc1N(C)C(=O)C1C(=O)N(C)C(=O)N(C)C1=O. The maximum Gasteiger partial charge on any atom is 0.460 e. The number of halogens is 7. The van der Waals surface area contributed by atoms with E-state index in [4.69, 9.17) is 4.74 Å². The summed E-state index contributed by atoms with van der Waals surface area (Å²) in [5.74, 6) is -19.5. The predicted molar refractivity (Wildman–Crippen MR) is 115 cm³/mol. The van der Waals surface area contributed by atoms with Gasteiger partial charge in [0.2, 0.25) is 11.7 Å². The number of hydrogen-bond donors (Lipinski definition) is 0. The van der Waals surface area contributed by atoms with Gasteiger partial charge in [-0.25, -0.2) is 9.48 Å². The first-order valence-electron chi connectivity index (χ1n) is 10.6. The fraction of sp³-hybridized carbons (Fsp3) is 0.429. The molecule has 2 aromatic rings. The van der Waals surface area contributed by atoms with E-state index in [1.807, 2.05) is 0 Å². The molecule has 18 heteroatoms. The maximum absolute atomic E-state index is 13.9. The summed E-state index contributed by atoms with van der Waals surface area (Å²) in [7, 11) is 4.35. The molecule has 0 saturated carbocycles. The Hall–Kier alpha value is -4.25. The average Bonchev–Trinajstić information content (AvgIpc) is 3.21. The molecule has 1 saturated heterocycles. The summed E-state index contributed by atoms with van der Waals surface area (Å²) in [6.45, 7) is 1.44. The Labute approximate surface area is 214 Å². The van der Waals surface area contributed by atoms with Gasteiger partial charge in [0.05, 0.1) is 0 Å². The van der Waals surface area contributed by atoms with Crippen molar-refractivity contribution in [2.75, 3.05) is 26.0 Å². The first kappa shape index (κ1) is 29.3. The zero-order valence-corrected chi connectivity index (χ0v) is 20.7. The number of ether oxygens (including phenoxy) is 1. The number of aryl methyl sites for hydroxylation is 2. The van der Waals surface area contributed by atoms with Crippen molar-refractivity contribution in [1.82, 2.24) is 24.6 Å². The van der Waals surface area contributed by atoms with E-state index in [2.05, 4.69) is 10.1 Å². The third kappa shape index (κ3) is 4.74. The van der Waals surface area contributed by atoms with Crippen LogP contribution < -0.4 is 9.64 Å². The molecule has 0 atom stereocenters. The number of imide groups is 2. The number of nitrogens with zero attached hydrogens (tertiary/aromatic N) is 6. The van der Waals surface area contributed by atoms with E-state index >= 15 is 0 Å². The summed E-state index contributed by atoms with van der Waals surface area (Å²) in [6, 6.07) is 1.87. The number of benzene rings is 1. The third-order valence-corrected chi connectivity index (χ3v) is 5.80. The van der Waals surface area contributed by atoms with Gasteiger partial charge < -0.3 is 9.64 Å². The number of aromatic nitrogens is 3. The van der Waals surface area contributed by atoms with E-state index in [1.165, 1.54) is 26.1 Å². The predicted octanol–water partition coefficient (Wildman–Crippen LogP) is 2.83. The molecular weight excluding hydrogens is 549 g/mol. The van der Waals surface area contributed by atoms with Gasteiger partial charge in [0.25, 0.3) is 11.8 Å². The molecule has 5 amide bonds.